The first-order valence-electron chi connectivity index (χ1n) is 7.14. The van der Waals surface area contributed by atoms with E-state index < -0.39 is 10.8 Å². The zero-order chi connectivity index (χ0) is 16.8. The lowest BCUT2D eigenvalue weighted by atomic mass is 9.91. The molecule has 2 N–H and O–H groups in total. The van der Waals surface area contributed by atoms with E-state index in [1.54, 1.807) is 55.6 Å². The van der Waals surface area contributed by atoms with Crippen molar-refractivity contribution in [3.05, 3.63) is 69.8 Å². The number of carbonyl (C=O) groups excluding carboxylic acids is 1. The van der Waals surface area contributed by atoms with Crippen LogP contribution in [0.4, 0.5) is 5.69 Å². The summed E-state index contributed by atoms with van der Waals surface area (Å²) in [4.78, 5) is 22.9. The Kier molecular flexibility index (Phi) is 5.30. The smallest absolute Gasteiger partial charge is 0.211 e. The van der Waals surface area contributed by atoms with Crippen LogP contribution in [0, 0.1) is 10.1 Å². The number of anilines is 1. The van der Waals surface area contributed by atoms with Crippen LogP contribution in [0.2, 0.25) is 0 Å². The number of ketones is 1. The molecule has 2 aromatic carbocycles. The van der Waals surface area contributed by atoms with E-state index >= 15 is 0 Å². The third kappa shape index (κ3) is 4.54. The average Bonchev–Trinajstić information content (AvgIpc) is 2.54. The maximum Gasteiger partial charge on any atom is 0.211 e. The Morgan fingerprint density at radius 3 is 2.30 bits per heavy atom. The van der Waals surface area contributed by atoms with E-state index in [1.807, 2.05) is 0 Å². The summed E-state index contributed by atoms with van der Waals surface area (Å²) < 4.78 is 5.08. The standard InChI is InChI=1S/C17H18N2O4/c1-23-16-8-4-12(5-9-16)14(11-19(21)22)10-17(20)13-2-6-15(18)7-3-13/h2-9,14H,10-11,18H2,1H3. The van der Waals surface area contributed by atoms with E-state index in [9.17, 15) is 14.9 Å². The summed E-state index contributed by atoms with van der Waals surface area (Å²) in [6.07, 6.45) is 0.0667. The van der Waals surface area contributed by atoms with Gasteiger partial charge < -0.3 is 10.5 Å². The lowest BCUT2D eigenvalue weighted by Gasteiger charge is -2.13. The minimum atomic E-state index is -0.485. The van der Waals surface area contributed by atoms with Gasteiger partial charge in [0.05, 0.1) is 13.0 Å². The van der Waals surface area contributed by atoms with Crippen molar-refractivity contribution >= 4 is 11.5 Å². The molecule has 0 amide bonds. The van der Waals surface area contributed by atoms with Crippen LogP contribution in [-0.4, -0.2) is 24.4 Å². The van der Waals surface area contributed by atoms with Crippen LogP contribution in [0.25, 0.3) is 0 Å². The fraction of sp³-hybridized carbons (Fsp3) is 0.235. The number of benzene rings is 2. The SMILES string of the molecule is COc1ccc(C(CC(=O)c2ccc(N)cc2)C[N+](=O)[O-])cc1. The van der Waals surface area contributed by atoms with Crippen molar-refractivity contribution in [2.24, 2.45) is 0 Å². The fourth-order valence-corrected chi connectivity index (χ4v) is 2.35. The summed E-state index contributed by atoms with van der Waals surface area (Å²) in [7, 11) is 1.55. The van der Waals surface area contributed by atoms with Gasteiger partial charge in [0.1, 0.15) is 5.75 Å². The maximum absolute atomic E-state index is 12.4. The highest BCUT2D eigenvalue weighted by Crippen LogP contribution is 2.24. The summed E-state index contributed by atoms with van der Waals surface area (Å²) in [5, 5.41) is 10.9. The molecule has 2 rings (SSSR count). The van der Waals surface area contributed by atoms with Gasteiger partial charge in [0.25, 0.3) is 0 Å². The average molecular weight is 314 g/mol. The van der Waals surface area contributed by atoms with Gasteiger partial charge in [0.15, 0.2) is 5.78 Å². The van der Waals surface area contributed by atoms with E-state index in [4.69, 9.17) is 10.5 Å². The Bertz CT molecular complexity index is 681. The lowest BCUT2D eigenvalue weighted by Crippen LogP contribution is -2.16. The van der Waals surface area contributed by atoms with Gasteiger partial charge in [0.2, 0.25) is 6.54 Å². The summed E-state index contributed by atoms with van der Waals surface area (Å²) in [5.41, 5.74) is 7.41. The Hall–Kier alpha value is -2.89. The summed E-state index contributed by atoms with van der Waals surface area (Å²) in [6, 6.07) is 13.5. The molecule has 0 spiro atoms. The number of hydrogen-bond donors (Lipinski definition) is 1. The van der Waals surface area contributed by atoms with Crippen molar-refractivity contribution in [1.82, 2.24) is 0 Å². The molecule has 0 aliphatic rings. The molecule has 6 heteroatoms. The second-order valence-electron chi connectivity index (χ2n) is 5.23. The Balaban J connectivity index is 2.18. The monoisotopic (exact) mass is 314 g/mol. The number of nitrogens with zero attached hydrogens (tertiary/aromatic N) is 1. The van der Waals surface area contributed by atoms with Crippen molar-refractivity contribution in [2.75, 3.05) is 19.4 Å². The molecule has 0 aliphatic heterocycles. The number of rotatable bonds is 7. The third-order valence-electron chi connectivity index (χ3n) is 3.62. The number of nitrogen functional groups attached to an aromatic ring is 1. The lowest BCUT2D eigenvalue weighted by molar-refractivity contribution is -0.483. The van der Waals surface area contributed by atoms with Crippen LogP contribution in [0.3, 0.4) is 0 Å². The number of nitro groups is 1. The highest BCUT2D eigenvalue weighted by molar-refractivity contribution is 5.96. The Labute approximate surface area is 134 Å². The zero-order valence-electron chi connectivity index (χ0n) is 12.8. The van der Waals surface area contributed by atoms with Gasteiger partial charge >= 0.3 is 0 Å². The van der Waals surface area contributed by atoms with Crippen LogP contribution in [0.1, 0.15) is 28.3 Å². The predicted octanol–water partition coefficient (Wildman–Crippen LogP) is 2.91. The molecule has 0 aliphatic carbocycles. The van der Waals surface area contributed by atoms with E-state index in [2.05, 4.69) is 0 Å². The van der Waals surface area contributed by atoms with Crippen LogP contribution in [-0.2, 0) is 0 Å². The molecule has 1 unspecified atom stereocenters. The van der Waals surface area contributed by atoms with Crippen molar-refractivity contribution in [2.45, 2.75) is 12.3 Å². The van der Waals surface area contributed by atoms with Crippen molar-refractivity contribution < 1.29 is 14.5 Å². The number of Topliss-reactive ketones (excluding diaryl/α,β-unsaturated/α-hetero) is 1. The highest BCUT2D eigenvalue weighted by atomic mass is 16.6. The van der Waals surface area contributed by atoms with Crippen molar-refractivity contribution in [3.63, 3.8) is 0 Å². The van der Waals surface area contributed by atoms with Crippen LogP contribution in [0.15, 0.2) is 48.5 Å². The number of methoxy groups -OCH3 is 1. The molecule has 0 aromatic heterocycles. The van der Waals surface area contributed by atoms with Crippen molar-refractivity contribution in [3.8, 4) is 5.75 Å². The summed E-state index contributed by atoms with van der Waals surface area (Å²) in [6.45, 7) is -0.299. The van der Waals surface area contributed by atoms with Crippen LogP contribution >= 0.6 is 0 Å². The summed E-state index contributed by atoms with van der Waals surface area (Å²) in [5.74, 6) is 0.0343. The van der Waals surface area contributed by atoms with Gasteiger partial charge in [-0.05, 0) is 42.0 Å². The largest absolute Gasteiger partial charge is 0.497 e. The fourth-order valence-electron chi connectivity index (χ4n) is 2.35. The van der Waals surface area contributed by atoms with E-state index in [0.29, 0.717) is 17.0 Å². The molecule has 120 valence electrons. The number of hydrogen-bond acceptors (Lipinski definition) is 5. The molecule has 6 nitrogen and oxygen atoms in total. The topological polar surface area (TPSA) is 95.5 Å². The van der Waals surface area contributed by atoms with Crippen LogP contribution < -0.4 is 10.5 Å². The van der Waals surface area contributed by atoms with Crippen molar-refractivity contribution in [1.29, 1.82) is 0 Å². The minimum absolute atomic E-state index is 0.0667. The van der Waals surface area contributed by atoms with Gasteiger partial charge in [0, 0.05) is 22.6 Å². The van der Waals surface area contributed by atoms with Crippen LogP contribution in [0.5, 0.6) is 5.75 Å². The number of carbonyl (C=O) groups is 1. The first-order valence-corrected chi connectivity index (χ1v) is 7.14. The molecule has 0 radical (unpaired) electrons. The molecule has 0 bridgehead atoms. The molecular weight excluding hydrogens is 296 g/mol. The molecule has 1 atom stereocenters. The van der Waals surface area contributed by atoms with Gasteiger partial charge in [-0.3, -0.25) is 14.9 Å². The van der Waals surface area contributed by atoms with Gasteiger partial charge in [-0.1, -0.05) is 12.1 Å². The van der Waals surface area contributed by atoms with E-state index in [0.717, 1.165) is 5.56 Å². The molecule has 0 saturated carbocycles. The molecule has 23 heavy (non-hydrogen) atoms. The molecule has 0 heterocycles. The minimum Gasteiger partial charge on any atom is -0.497 e. The highest BCUT2D eigenvalue weighted by Gasteiger charge is 2.22. The first kappa shape index (κ1) is 16.5. The van der Waals surface area contributed by atoms with Gasteiger partial charge in [-0.15, -0.1) is 0 Å². The summed E-state index contributed by atoms with van der Waals surface area (Å²) >= 11 is 0. The molecule has 2 aromatic rings. The third-order valence-corrected chi connectivity index (χ3v) is 3.62. The van der Waals surface area contributed by atoms with E-state index in [1.165, 1.54) is 0 Å². The quantitative estimate of drug-likeness (QED) is 0.367. The number of nitrogens with two attached hydrogens (primary N) is 1. The van der Waals surface area contributed by atoms with Gasteiger partial charge in [-0.2, -0.15) is 0 Å². The Morgan fingerprint density at radius 2 is 1.78 bits per heavy atom. The first-order chi connectivity index (χ1) is 11.0. The molecular formula is C17H18N2O4. The van der Waals surface area contributed by atoms with E-state index in [-0.39, 0.29) is 18.7 Å². The predicted molar refractivity (Wildman–Crippen MR) is 87.4 cm³/mol. The normalized spacial score (nSPS) is 11.7. The van der Waals surface area contributed by atoms with Gasteiger partial charge in [-0.25, -0.2) is 0 Å². The second-order valence-corrected chi connectivity index (χ2v) is 5.23. The Morgan fingerprint density at radius 1 is 1.17 bits per heavy atom. The molecule has 0 saturated heterocycles. The maximum atomic E-state index is 12.4. The zero-order valence-corrected chi connectivity index (χ0v) is 12.8. The second kappa shape index (κ2) is 7.40. The number of ether oxygens (including phenoxy) is 1. The molecule has 0 fully saturated rings.